The molecule has 2 atom stereocenters. The number of nitrogens with one attached hydrogen (secondary N) is 2. The Balaban J connectivity index is 1.83. The topological polar surface area (TPSA) is 91.6 Å². The largest absolute Gasteiger partial charge is 0.459 e. The molecule has 110 valence electrons. The van der Waals surface area contributed by atoms with E-state index in [0.717, 1.165) is 12.8 Å². The van der Waals surface area contributed by atoms with Crippen molar-refractivity contribution in [3.8, 4) is 0 Å². The normalized spacial score (nSPS) is 17.3. The molecule has 2 rings (SSSR count). The van der Waals surface area contributed by atoms with Crippen LogP contribution in [0.2, 0.25) is 0 Å². The van der Waals surface area contributed by atoms with Gasteiger partial charge in [0, 0.05) is 12.6 Å². The number of hydrogen-bond acceptors (Lipinski definition) is 4. The van der Waals surface area contributed by atoms with Gasteiger partial charge in [0.05, 0.1) is 6.26 Å². The Morgan fingerprint density at radius 2 is 2.20 bits per heavy atom. The molecule has 1 aliphatic rings. The van der Waals surface area contributed by atoms with Crippen molar-refractivity contribution < 1.29 is 19.1 Å². The molecule has 20 heavy (non-hydrogen) atoms. The summed E-state index contributed by atoms with van der Waals surface area (Å²) in [6, 6.07) is 2.51. The van der Waals surface area contributed by atoms with Gasteiger partial charge >= 0.3 is 0 Å². The van der Waals surface area contributed by atoms with Gasteiger partial charge in [-0.25, -0.2) is 0 Å². The maximum atomic E-state index is 12.0. The first-order valence-electron chi connectivity index (χ1n) is 6.87. The van der Waals surface area contributed by atoms with Crippen LogP contribution in [0.5, 0.6) is 0 Å². The highest BCUT2D eigenvalue weighted by atomic mass is 16.3. The lowest BCUT2D eigenvalue weighted by atomic mass is 10.1. The molecule has 1 aromatic heterocycles. The number of rotatable bonds is 7. The van der Waals surface area contributed by atoms with Gasteiger partial charge in [0.15, 0.2) is 5.76 Å². The van der Waals surface area contributed by atoms with Gasteiger partial charge in [-0.1, -0.05) is 0 Å². The minimum absolute atomic E-state index is 0.00420. The van der Waals surface area contributed by atoms with E-state index in [1.807, 2.05) is 0 Å². The van der Waals surface area contributed by atoms with Crippen LogP contribution >= 0.6 is 0 Å². The molecule has 1 fully saturated rings. The Labute approximate surface area is 117 Å². The summed E-state index contributed by atoms with van der Waals surface area (Å²) in [6.07, 6.45) is 4.12. The maximum absolute atomic E-state index is 12.0. The Hall–Kier alpha value is -1.82. The van der Waals surface area contributed by atoms with Crippen LogP contribution < -0.4 is 10.6 Å². The van der Waals surface area contributed by atoms with Crippen molar-refractivity contribution in [3.05, 3.63) is 24.2 Å². The summed E-state index contributed by atoms with van der Waals surface area (Å²) in [7, 11) is 0. The van der Waals surface area contributed by atoms with Crippen molar-refractivity contribution >= 4 is 11.8 Å². The fraction of sp³-hybridized carbons (Fsp3) is 0.571. The van der Waals surface area contributed by atoms with E-state index in [1.165, 1.54) is 6.26 Å². The minimum atomic E-state index is -0.646. The van der Waals surface area contributed by atoms with Crippen molar-refractivity contribution in [2.45, 2.75) is 38.3 Å². The van der Waals surface area contributed by atoms with Gasteiger partial charge in [0.25, 0.3) is 5.91 Å². The highest BCUT2D eigenvalue weighted by Crippen LogP contribution is 2.33. The van der Waals surface area contributed by atoms with Gasteiger partial charge in [-0.3, -0.25) is 9.59 Å². The third-order valence-electron chi connectivity index (χ3n) is 3.44. The number of carbonyl (C=O) groups is 2. The SMILES string of the molecule is CC(NC(=O)c1ccco1)C(=O)NC(CCO)C1CC1. The van der Waals surface area contributed by atoms with Crippen molar-refractivity contribution in [1.82, 2.24) is 10.6 Å². The number of aliphatic hydroxyl groups excluding tert-OH is 1. The summed E-state index contributed by atoms with van der Waals surface area (Å²) in [6.45, 7) is 1.67. The second-order valence-corrected chi connectivity index (χ2v) is 5.14. The average molecular weight is 280 g/mol. The van der Waals surface area contributed by atoms with Crippen LogP contribution in [0.3, 0.4) is 0 Å². The van der Waals surface area contributed by atoms with Crippen molar-refractivity contribution in [1.29, 1.82) is 0 Å². The lowest BCUT2D eigenvalue weighted by molar-refractivity contribution is -0.123. The molecular formula is C14H20N2O4. The molecule has 2 unspecified atom stereocenters. The van der Waals surface area contributed by atoms with Crippen LogP contribution in [0.4, 0.5) is 0 Å². The highest BCUT2D eigenvalue weighted by Gasteiger charge is 2.32. The molecule has 1 aliphatic carbocycles. The van der Waals surface area contributed by atoms with E-state index in [9.17, 15) is 9.59 Å². The Kier molecular flexibility index (Phi) is 4.79. The number of carbonyl (C=O) groups excluding carboxylic acids is 2. The third kappa shape index (κ3) is 3.84. The van der Waals surface area contributed by atoms with E-state index in [1.54, 1.807) is 19.1 Å². The van der Waals surface area contributed by atoms with Gasteiger partial charge in [-0.2, -0.15) is 0 Å². The number of hydrogen-bond donors (Lipinski definition) is 3. The number of furan rings is 1. The molecule has 6 heteroatoms. The predicted octanol–water partition coefficient (Wildman–Crippen LogP) is 0.675. The van der Waals surface area contributed by atoms with Gasteiger partial charge < -0.3 is 20.2 Å². The average Bonchev–Trinajstić information content (AvgIpc) is 3.12. The lowest BCUT2D eigenvalue weighted by Gasteiger charge is -2.20. The monoisotopic (exact) mass is 280 g/mol. The summed E-state index contributed by atoms with van der Waals surface area (Å²) >= 11 is 0. The Bertz CT molecular complexity index is 454. The summed E-state index contributed by atoms with van der Waals surface area (Å²) in [5, 5.41) is 14.5. The van der Waals surface area contributed by atoms with Gasteiger partial charge in [0.2, 0.25) is 5.91 Å². The molecule has 1 heterocycles. The summed E-state index contributed by atoms with van der Waals surface area (Å²) in [5.41, 5.74) is 0. The van der Waals surface area contributed by atoms with Crippen LogP contribution in [0.25, 0.3) is 0 Å². The first-order chi connectivity index (χ1) is 9.61. The van der Waals surface area contributed by atoms with E-state index in [-0.39, 0.29) is 24.3 Å². The van der Waals surface area contributed by atoms with E-state index in [4.69, 9.17) is 9.52 Å². The second-order valence-electron chi connectivity index (χ2n) is 5.14. The molecular weight excluding hydrogens is 260 g/mol. The second kappa shape index (κ2) is 6.56. The molecule has 6 nitrogen and oxygen atoms in total. The van der Waals surface area contributed by atoms with Crippen molar-refractivity contribution in [2.24, 2.45) is 5.92 Å². The standard InChI is InChI=1S/C14H20N2O4/c1-9(15-14(19)12-3-2-8-20-12)13(18)16-11(6-7-17)10-4-5-10/h2-3,8-11,17H,4-7H2,1H3,(H,15,19)(H,16,18). The molecule has 0 spiro atoms. The molecule has 1 aromatic rings. The zero-order chi connectivity index (χ0) is 14.5. The fourth-order valence-electron chi connectivity index (χ4n) is 2.11. The van der Waals surface area contributed by atoms with Crippen LogP contribution in [-0.4, -0.2) is 35.6 Å². The van der Waals surface area contributed by atoms with E-state index < -0.39 is 11.9 Å². The molecule has 3 N–H and O–H groups in total. The molecule has 0 aromatic carbocycles. The summed E-state index contributed by atoms with van der Waals surface area (Å²) < 4.78 is 4.97. The van der Waals surface area contributed by atoms with Gasteiger partial charge in [-0.15, -0.1) is 0 Å². The first-order valence-corrected chi connectivity index (χ1v) is 6.87. The van der Waals surface area contributed by atoms with Gasteiger partial charge in [0.1, 0.15) is 6.04 Å². The Morgan fingerprint density at radius 1 is 1.45 bits per heavy atom. The predicted molar refractivity (Wildman–Crippen MR) is 72.0 cm³/mol. The lowest BCUT2D eigenvalue weighted by Crippen LogP contribution is -2.48. The van der Waals surface area contributed by atoms with Gasteiger partial charge in [-0.05, 0) is 44.2 Å². The smallest absolute Gasteiger partial charge is 0.287 e. The first kappa shape index (κ1) is 14.6. The molecule has 0 saturated heterocycles. The molecule has 0 aliphatic heterocycles. The summed E-state index contributed by atoms with van der Waals surface area (Å²) in [5.74, 6) is -0.0177. The molecule has 0 radical (unpaired) electrons. The third-order valence-corrected chi connectivity index (χ3v) is 3.44. The molecule has 0 bridgehead atoms. The zero-order valence-corrected chi connectivity index (χ0v) is 11.5. The van der Waals surface area contributed by atoms with Crippen LogP contribution in [-0.2, 0) is 4.79 Å². The van der Waals surface area contributed by atoms with Crippen molar-refractivity contribution in [3.63, 3.8) is 0 Å². The highest BCUT2D eigenvalue weighted by molar-refractivity contribution is 5.95. The van der Waals surface area contributed by atoms with Crippen LogP contribution in [0.15, 0.2) is 22.8 Å². The number of amides is 2. The molecule has 1 saturated carbocycles. The zero-order valence-electron chi connectivity index (χ0n) is 11.5. The van der Waals surface area contributed by atoms with E-state index in [0.29, 0.717) is 12.3 Å². The minimum Gasteiger partial charge on any atom is -0.459 e. The van der Waals surface area contributed by atoms with E-state index in [2.05, 4.69) is 10.6 Å². The van der Waals surface area contributed by atoms with E-state index >= 15 is 0 Å². The van der Waals surface area contributed by atoms with Crippen LogP contribution in [0, 0.1) is 5.92 Å². The fourth-order valence-corrected chi connectivity index (χ4v) is 2.11. The quantitative estimate of drug-likeness (QED) is 0.684. The maximum Gasteiger partial charge on any atom is 0.287 e. The Morgan fingerprint density at radius 3 is 2.75 bits per heavy atom. The van der Waals surface area contributed by atoms with Crippen molar-refractivity contribution in [2.75, 3.05) is 6.61 Å². The molecule has 2 amide bonds. The van der Waals surface area contributed by atoms with Crippen LogP contribution in [0.1, 0.15) is 36.7 Å². The number of aliphatic hydroxyl groups is 1. The summed E-state index contributed by atoms with van der Waals surface area (Å²) in [4.78, 5) is 23.8.